The van der Waals surface area contributed by atoms with Gasteiger partial charge in [0.25, 0.3) is 0 Å². The highest BCUT2D eigenvalue weighted by Gasteiger charge is 2.30. The summed E-state index contributed by atoms with van der Waals surface area (Å²) in [5, 5.41) is 25.3. The van der Waals surface area contributed by atoms with Crippen LogP contribution in [0.15, 0.2) is 0 Å². The maximum absolute atomic E-state index is 12.7. The standard InChI is InChI=1S/C19H34N4O7S/c1-9(2)5-12(17(27)22-13(19(29)30)6-10(3)4)21-18(28)14(8-31)23-16(26)11(20)7-15(24)25/h9-14,31H,5-8,20H2,1-4H3,(H,21,28)(H,22,27)(H,23,26)(H,24,25)(H,29,30). The van der Waals surface area contributed by atoms with Gasteiger partial charge in [-0.2, -0.15) is 12.6 Å². The second-order valence-corrected chi connectivity index (χ2v) is 8.53. The quantitative estimate of drug-likeness (QED) is 0.166. The van der Waals surface area contributed by atoms with E-state index in [1.165, 1.54) is 0 Å². The van der Waals surface area contributed by atoms with Crippen molar-refractivity contribution in [3.05, 3.63) is 0 Å². The first kappa shape index (κ1) is 28.7. The van der Waals surface area contributed by atoms with E-state index < -0.39 is 60.2 Å². The van der Waals surface area contributed by atoms with Gasteiger partial charge in [-0.15, -0.1) is 0 Å². The van der Waals surface area contributed by atoms with Crippen LogP contribution in [0, 0.1) is 11.8 Å². The van der Waals surface area contributed by atoms with E-state index in [9.17, 15) is 29.1 Å². The molecular formula is C19H34N4O7S. The molecule has 4 unspecified atom stereocenters. The van der Waals surface area contributed by atoms with Crippen molar-refractivity contribution in [2.75, 3.05) is 5.75 Å². The van der Waals surface area contributed by atoms with E-state index in [0.717, 1.165) is 0 Å². The van der Waals surface area contributed by atoms with Gasteiger partial charge in [0.1, 0.15) is 18.1 Å². The fraction of sp³-hybridized carbons (Fsp3) is 0.737. The van der Waals surface area contributed by atoms with Crippen molar-refractivity contribution in [1.29, 1.82) is 0 Å². The molecule has 0 aromatic carbocycles. The number of carboxylic acid groups (broad SMARTS) is 2. The number of hydrogen-bond donors (Lipinski definition) is 7. The lowest BCUT2D eigenvalue weighted by molar-refractivity contribution is -0.143. The normalized spacial score (nSPS) is 15.0. The number of aliphatic carboxylic acids is 2. The number of carbonyl (C=O) groups is 5. The third kappa shape index (κ3) is 11.6. The van der Waals surface area contributed by atoms with Gasteiger partial charge in [0.15, 0.2) is 0 Å². The lowest BCUT2D eigenvalue weighted by Crippen LogP contribution is -2.58. The monoisotopic (exact) mass is 462 g/mol. The topological polar surface area (TPSA) is 188 Å². The Labute approximate surface area is 187 Å². The minimum Gasteiger partial charge on any atom is -0.481 e. The van der Waals surface area contributed by atoms with Crippen LogP contribution in [0.4, 0.5) is 0 Å². The Bertz CT molecular complexity index is 657. The van der Waals surface area contributed by atoms with Crippen LogP contribution in [0.1, 0.15) is 47.0 Å². The molecule has 11 nitrogen and oxygen atoms in total. The molecule has 178 valence electrons. The third-order valence-corrected chi connectivity index (χ3v) is 4.57. The second kappa shape index (κ2) is 13.9. The summed E-state index contributed by atoms with van der Waals surface area (Å²) >= 11 is 4.02. The molecule has 0 bridgehead atoms. The number of nitrogens with one attached hydrogen (secondary N) is 3. The number of carboxylic acids is 2. The minimum atomic E-state index is -1.35. The molecule has 0 rings (SSSR count). The first-order chi connectivity index (χ1) is 14.3. The average Bonchev–Trinajstić information content (AvgIpc) is 2.62. The first-order valence-electron chi connectivity index (χ1n) is 10.0. The smallest absolute Gasteiger partial charge is 0.326 e. The maximum atomic E-state index is 12.7. The third-order valence-electron chi connectivity index (χ3n) is 4.21. The molecule has 31 heavy (non-hydrogen) atoms. The molecular weight excluding hydrogens is 428 g/mol. The molecule has 0 aliphatic heterocycles. The van der Waals surface area contributed by atoms with E-state index in [2.05, 4.69) is 28.6 Å². The van der Waals surface area contributed by atoms with Crippen molar-refractivity contribution in [2.45, 2.75) is 71.1 Å². The Morgan fingerprint density at radius 3 is 1.61 bits per heavy atom. The zero-order chi connectivity index (χ0) is 24.3. The van der Waals surface area contributed by atoms with E-state index >= 15 is 0 Å². The Hall–Kier alpha value is -2.34. The Kier molecular flexibility index (Phi) is 12.8. The Balaban J connectivity index is 5.27. The number of nitrogens with two attached hydrogens (primary N) is 1. The zero-order valence-electron chi connectivity index (χ0n) is 18.3. The van der Waals surface area contributed by atoms with E-state index in [1.807, 2.05) is 27.7 Å². The van der Waals surface area contributed by atoms with Gasteiger partial charge in [0, 0.05) is 5.75 Å². The minimum absolute atomic E-state index is 0.00235. The van der Waals surface area contributed by atoms with Crippen LogP contribution in [0.2, 0.25) is 0 Å². The average molecular weight is 463 g/mol. The van der Waals surface area contributed by atoms with Gasteiger partial charge in [0.05, 0.1) is 12.5 Å². The molecule has 0 aromatic rings. The summed E-state index contributed by atoms with van der Waals surface area (Å²) in [5.74, 6) is -4.76. The fourth-order valence-electron chi connectivity index (χ4n) is 2.69. The Morgan fingerprint density at radius 2 is 1.19 bits per heavy atom. The molecule has 0 spiro atoms. The lowest BCUT2D eigenvalue weighted by atomic mass is 10.0. The highest BCUT2D eigenvalue weighted by molar-refractivity contribution is 7.80. The molecule has 0 aliphatic carbocycles. The van der Waals surface area contributed by atoms with Crippen LogP contribution in [0.3, 0.4) is 0 Å². The number of carbonyl (C=O) groups excluding carboxylic acids is 3. The molecule has 3 amide bonds. The van der Waals surface area contributed by atoms with Crippen LogP contribution in [0.25, 0.3) is 0 Å². The van der Waals surface area contributed by atoms with Crippen molar-refractivity contribution in [1.82, 2.24) is 16.0 Å². The van der Waals surface area contributed by atoms with Gasteiger partial charge in [-0.3, -0.25) is 19.2 Å². The fourth-order valence-corrected chi connectivity index (χ4v) is 2.95. The summed E-state index contributed by atoms with van der Waals surface area (Å²) in [7, 11) is 0. The molecule has 12 heteroatoms. The van der Waals surface area contributed by atoms with Gasteiger partial charge in [-0.25, -0.2) is 4.79 Å². The van der Waals surface area contributed by atoms with Crippen LogP contribution in [-0.2, 0) is 24.0 Å². The van der Waals surface area contributed by atoms with Gasteiger partial charge in [0.2, 0.25) is 17.7 Å². The zero-order valence-corrected chi connectivity index (χ0v) is 19.1. The van der Waals surface area contributed by atoms with E-state index in [0.29, 0.717) is 0 Å². The molecule has 4 atom stereocenters. The van der Waals surface area contributed by atoms with Crippen LogP contribution in [0.5, 0.6) is 0 Å². The summed E-state index contributed by atoms with van der Waals surface area (Å²) in [6.07, 6.45) is -0.158. The van der Waals surface area contributed by atoms with Crippen molar-refractivity contribution < 1.29 is 34.2 Å². The molecule has 0 aromatic heterocycles. The number of amides is 3. The van der Waals surface area contributed by atoms with E-state index in [1.54, 1.807) is 0 Å². The number of rotatable bonds is 14. The highest BCUT2D eigenvalue weighted by Crippen LogP contribution is 2.09. The first-order valence-corrected chi connectivity index (χ1v) is 10.6. The molecule has 0 heterocycles. The molecule has 0 saturated heterocycles. The van der Waals surface area contributed by atoms with Crippen molar-refractivity contribution in [2.24, 2.45) is 17.6 Å². The summed E-state index contributed by atoms with van der Waals surface area (Å²) in [6.45, 7) is 7.31. The van der Waals surface area contributed by atoms with Gasteiger partial charge in [-0.05, 0) is 24.7 Å². The van der Waals surface area contributed by atoms with Gasteiger partial charge < -0.3 is 31.9 Å². The number of hydrogen-bond acceptors (Lipinski definition) is 7. The summed E-state index contributed by atoms with van der Waals surface area (Å²) in [5.41, 5.74) is 5.49. The largest absolute Gasteiger partial charge is 0.481 e. The summed E-state index contributed by atoms with van der Waals surface area (Å²) < 4.78 is 0. The molecule has 7 N–H and O–H groups in total. The van der Waals surface area contributed by atoms with Crippen LogP contribution in [-0.4, -0.2) is 69.8 Å². The molecule has 0 radical (unpaired) electrons. The van der Waals surface area contributed by atoms with Crippen molar-refractivity contribution >= 4 is 42.3 Å². The van der Waals surface area contributed by atoms with Crippen LogP contribution < -0.4 is 21.7 Å². The lowest BCUT2D eigenvalue weighted by Gasteiger charge is -2.25. The second-order valence-electron chi connectivity index (χ2n) is 8.17. The highest BCUT2D eigenvalue weighted by atomic mass is 32.1. The predicted octanol–water partition coefficient (Wildman–Crippen LogP) is -0.651. The molecule has 0 aliphatic rings. The van der Waals surface area contributed by atoms with E-state index in [-0.39, 0.29) is 30.4 Å². The summed E-state index contributed by atoms with van der Waals surface area (Å²) in [4.78, 5) is 59.5. The van der Waals surface area contributed by atoms with Gasteiger partial charge in [-0.1, -0.05) is 27.7 Å². The van der Waals surface area contributed by atoms with Crippen molar-refractivity contribution in [3.8, 4) is 0 Å². The molecule has 0 fully saturated rings. The predicted molar refractivity (Wildman–Crippen MR) is 116 cm³/mol. The van der Waals surface area contributed by atoms with E-state index in [4.69, 9.17) is 10.8 Å². The maximum Gasteiger partial charge on any atom is 0.326 e. The summed E-state index contributed by atoms with van der Waals surface area (Å²) in [6, 6.07) is -4.65. The molecule has 0 saturated carbocycles. The Morgan fingerprint density at radius 1 is 0.774 bits per heavy atom. The van der Waals surface area contributed by atoms with Gasteiger partial charge >= 0.3 is 11.9 Å². The number of thiol groups is 1. The van der Waals surface area contributed by atoms with Crippen LogP contribution >= 0.6 is 12.6 Å². The van der Waals surface area contributed by atoms with Crippen molar-refractivity contribution in [3.63, 3.8) is 0 Å². The SMILES string of the molecule is CC(C)CC(NC(=O)C(CC(C)C)NC(=O)C(CS)NC(=O)C(N)CC(=O)O)C(=O)O.